The van der Waals surface area contributed by atoms with E-state index in [4.69, 9.17) is 21.1 Å². The maximum Gasteiger partial charge on any atom is 0.346 e. The Morgan fingerprint density at radius 2 is 1.83 bits per heavy atom. The van der Waals surface area contributed by atoms with Gasteiger partial charge in [0.1, 0.15) is 17.3 Å². The number of hydrogen-bond acceptors (Lipinski definition) is 4. The Morgan fingerprint density at radius 3 is 2.59 bits per heavy atom. The second-order valence-corrected chi connectivity index (χ2v) is 6.85. The molecule has 1 heterocycles. The minimum Gasteiger partial charge on any atom is -0.452 e. The monoisotopic (exact) mass is 408 g/mol. The number of Topliss-reactive ketones (excluding diaryl/α,β-unsaturated/α-hetero) is 1. The molecule has 144 valence electrons. The summed E-state index contributed by atoms with van der Waals surface area (Å²) in [5.41, 5.74) is 1.43. The van der Waals surface area contributed by atoms with E-state index in [9.17, 15) is 14.0 Å². The Hall–Kier alpha value is -3.44. The van der Waals surface area contributed by atoms with Crippen molar-refractivity contribution in [3.05, 3.63) is 99.5 Å². The SMILES string of the molecule is Cc1cc(OC(=O)c2ccccc2F)cc2c1C(=O)/C(=C/c1ccccc1Cl)O2. The molecule has 3 aromatic carbocycles. The van der Waals surface area contributed by atoms with E-state index in [-0.39, 0.29) is 28.6 Å². The van der Waals surface area contributed by atoms with Gasteiger partial charge in [-0.05, 0) is 48.4 Å². The number of esters is 1. The van der Waals surface area contributed by atoms with E-state index < -0.39 is 11.8 Å². The summed E-state index contributed by atoms with van der Waals surface area (Å²) < 4.78 is 24.8. The van der Waals surface area contributed by atoms with Crippen molar-refractivity contribution < 1.29 is 23.5 Å². The van der Waals surface area contributed by atoms with Crippen molar-refractivity contribution >= 4 is 29.4 Å². The molecular formula is C23H14ClFO4. The maximum absolute atomic E-state index is 13.8. The zero-order valence-electron chi connectivity index (χ0n) is 15.2. The third kappa shape index (κ3) is 3.65. The summed E-state index contributed by atoms with van der Waals surface area (Å²) in [7, 11) is 0. The lowest BCUT2D eigenvalue weighted by Gasteiger charge is -2.08. The Bertz CT molecular complexity index is 1180. The average Bonchev–Trinajstić information content (AvgIpc) is 2.99. The van der Waals surface area contributed by atoms with E-state index in [0.717, 1.165) is 0 Å². The van der Waals surface area contributed by atoms with Gasteiger partial charge in [-0.1, -0.05) is 41.9 Å². The fourth-order valence-corrected chi connectivity index (χ4v) is 3.25. The van der Waals surface area contributed by atoms with Crippen LogP contribution in [0.3, 0.4) is 0 Å². The van der Waals surface area contributed by atoms with Gasteiger partial charge in [-0.15, -0.1) is 0 Å². The predicted octanol–water partition coefficient (Wildman–Crippen LogP) is 5.62. The van der Waals surface area contributed by atoms with Crippen molar-refractivity contribution in [1.29, 1.82) is 0 Å². The number of ether oxygens (including phenoxy) is 2. The van der Waals surface area contributed by atoms with Gasteiger partial charge in [0.2, 0.25) is 5.78 Å². The number of rotatable bonds is 3. The standard InChI is InChI=1S/C23H14ClFO4/c1-13-10-15(28-23(27)16-7-3-5-9-18(16)25)12-19-21(13)22(26)20(29-19)11-14-6-2-4-8-17(14)24/h2-12H,1H3/b20-11-. The molecule has 6 heteroatoms. The summed E-state index contributed by atoms with van der Waals surface area (Å²) in [5, 5.41) is 0.489. The molecule has 4 rings (SSSR count). The fraction of sp³-hybridized carbons (Fsp3) is 0.0435. The topological polar surface area (TPSA) is 52.6 Å². The zero-order valence-corrected chi connectivity index (χ0v) is 16.0. The molecule has 1 aliphatic rings. The van der Waals surface area contributed by atoms with Crippen LogP contribution in [0.4, 0.5) is 4.39 Å². The molecule has 0 aliphatic carbocycles. The summed E-state index contributed by atoms with van der Waals surface area (Å²) >= 11 is 6.15. The molecule has 0 spiro atoms. The van der Waals surface area contributed by atoms with E-state index in [1.54, 1.807) is 43.3 Å². The molecule has 0 fully saturated rings. The van der Waals surface area contributed by atoms with Gasteiger partial charge in [0.15, 0.2) is 5.76 Å². The quantitative estimate of drug-likeness (QED) is 0.320. The average molecular weight is 409 g/mol. The van der Waals surface area contributed by atoms with Crippen LogP contribution < -0.4 is 9.47 Å². The van der Waals surface area contributed by atoms with Gasteiger partial charge in [0.05, 0.1) is 11.1 Å². The molecule has 0 N–H and O–H groups in total. The van der Waals surface area contributed by atoms with Crippen molar-refractivity contribution in [2.75, 3.05) is 0 Å². The first-order chi connectivity index (χ1) is 13.9. The molecule has 0 saturated heterocycles. The third-order valence-corrected chi connectivity index (χ3v) is 4.78. The van der Waals surface area contributed by atoms with Crippen LogP contribution in [0, 0.1) is 12.7 Å². The van der Waals surface area contributed by atoms with Gasteiger partial charge < -0.3 is 9.47 Å². The Kier molecular flexibility index (Phi) is 4.91. The van der Waals surface area contributed by atoms with E-state index in [1.807, 2.05) is 0 Å². The largest absolute Gasteiger partial charge is 0.452 e. The fourth-order valence-electron chi connectivity index (χ4n) is 3.06. The van der Waals surface area contributed by atoms with Gasteiger partial charge >= 0.3 is 5.97 Å². The second-order valence-electron chi connectivity index (χ2n) is 6.44. The number of hydrogen-bond donors (Lipinski definition) is 0. The van der Waals surface area contributed by atoms with Gasteiger partial charge in [0.25, 0.3) is 0 Å². The number of carbonyl (C=O) groups is 2. The highest BCUT2D eigenvalue weighted by molar-refractivity contribution is 6.32. The second kappa shape index (κ2) is 7.53. The van der Waals surface area contributed by atoms with Crippen LogP contribution in [-0.2, 0) is 0 Å². The Labute approximate surface area is 171 Å². The maximum atomic E-state index is 13.8. The molecule has 4 nitrogen and oxygen atoms in total. The van der Waals surface area contributed by atoms with Crippen LogP contribution in [0.1, 0.15) is 31.8 Å². The minimum atomic E-state index is -0.835. The first kappa shape index (κ1) is 18.9. The number of carbonyl (C=O) groups excluding carboxylic acids is 2. The number of halogens is 2. The number of aryl methyl sites for hydroxylation is 1. The Morgan fingerprint density at radius 1 is 1.10 bits per heavy atom. The molecule has 0 unspecified atom stereocenters. The molecule has 29 heavy (non-hydrogen) atoms. The van der Waals surface area contributed by atoms with Crippen molar-refractivity contribution in [3.63, 3.8) is 0 Å². The van der Waals surface area contributed by atoms with Crippen molar-refractivity contribution in [2.45, 2.75) is 6.92 Å². The molecule has 0 aromatic heterocycles. The molecule has 0 bridgehead atoms. The molecule has 0 radical (unpaired) electrons. The predicted molar refractivity (Wildman–Crippen MR) is 107 cm³/mol. The lowest BCUT2D eigenvalue weighted by molar-refractivity contribution is 0.0729. The summed E-state index contributed by atoms with van der Waals surface area (Å²) in [4.78, 5) is 25.0. The summed E-state index contributed by atoms with van der Waals surface area (Å²) in [6.07, 6.45) is 1.56. The van der Waals surface area contributed by atoms with Crippen LogP contribution in [0.25, 0.3) is 6.08 Å². The molecule has 0 amide bonds. The van der Waals surface area contributed by atoms with Crippen molar-refractivity contribution in [2.24, 2.45) is 0 Å². The zero-order chi connectivity index (χ0) is 20.5. The highest BCUT2D eigenvalue weighted by atomic mass is 35.5. The summed E-state index contributed by atoms with van der Waals surface area (Å²) in [6.45, 7) is 1.71. The van der Waals surface area contributed by atoms with E-state index in [1.165, 1.54) is 30.3 Å². The first-order valence-corrected chi connectivity index (χ1v) is 9.12. The highest BCUT2D eigenvalue weighted by Crippen LogP contribution is 2.38. The molecule has 3 aromatic rings. The first-order valence-electron chi connectivity index (χ1n) is 8.74. The van der Waals surface area contributed by atoms with Crippen LogP contribution in [0.5, 0.6) is 11.5 Å². The summed E-state index contributed by atoms with van der Waals surface area (Å²) in [5.74, 6) is -1.26. The third-order valence-electron chi connectivity index (χ3n) is 4.44. The van der Waals surface area contributed by atoms with E-state index in [0.29, 0.717) is 21.7 Å². The van der Waals surface area contributed by atoms with E-state index >= 15 is 0 Å². The lowest BCUT2D eigenvalue weighted by atomic mass is 10.0. The molecular weight excluding hydrogens is 395 g/mol. The van der Waals surface area contributed by atoms with Gasteiger partial charge in [-0.25, -0.2) is 9.18 Å². The van der Waals surface area contributed by atoms with Gasteiger partial charge in [-0.2, -0.15) is 0 Å². The Balaban J connectivity index is 1.64. The normalized spacial score (nSPS) is 13.9. The summed E-state index contributed by atoms with van der Waals surface area (Å²) in [6, 6.07) is 15.6. The number of ketones is 1. The van der Waals surface area contributed by atoms with Crippen molar-refractivity contribution in [3.8, 4) is 11.5 Å². The highest BCUT2D eigenvalue weighted by Gasteiger charge is 2.30. The lowest BCUT2D eigenvalue weighted by Crippen LogP contribution is -2.10. The van der Waals surface area contributed by atoms with E-state index in [2.05, 4.69) is 0 Å². The number of allylic oxidation sites excluding steroid dienone is 1. The van der Waals surface area contributed by atoms with Crippen LogP contribution in [0.15, 0.2) is 66.4 Å². The number of benzene rings is 3. The van der Waals surface area contributed by atoms with Crippen LogP contribution in [-0.4, -0.2) is 11.8 Å². The van der Waals surface area contributed by atoms with Crippen LogP contribution in [0.2, 0.25) is 5.02 Å². The van der Waals surface area contributed by atoms with Crippen LogP contribution >= 0.6 is 11.6 Å². The minimum absolute atomic E-state index is 0.119. The van der Waals surface area contributed by atoms with Gasteiger partial charge in [-0.3, -0.25) is 4.79 Å². The van der Waals surface area contributed by atoms with Crippen molar-refractivity contribution in [1.82, 2.24) is 0 Å². The number of fused-ring (bicyclic) bond motifs is 1. The smallest absolute Gasteiger partial charge is 0.346 e. The molecule has 1 aliphatic heterocycles. The van der Waals surface area contributed by atoms with Gasteiger partial charge in [0, 0.05) is 11.1 Å². The molecule has 0 atom stereocenters. The molecule has 0 saturated carbocycles.